The molecule has 0 bridgehead atoms. The number of hydrogen-bond donors (Lipinski definition) is 2. The normalized spacial score (nSPS) is 11.1. The van der Waals surface area contributed by atoms with E-state index in [-0.39, 0.29) is 5.91 Å². The molecule has 0 saturated heterocycles. The quantitative estimate of drug-likeness (QED) is 0.252. The minimum atomic E-state index is -0.150. The largest absolute Gasteiger partial charge is 0.324 e. The second kappa shape index (κ2) is 10.8. The summed E-state index contributed by atoms with van der Waals surface area (Å²) in [5, 5.41) is 7.30. The van der Waals surface area contributed by atoms with Crippen LogP contribution in [-0.4, -0.2) is 34.9 Å². The van der Waals surface area contributed by atoms with E-state index in [2.05, 4.69) is 66.0 Å². The summed E-state index contributed by atoms with van der Waals surface area (Å²) in [7, 11) is 4.13. The molecule has 6 nitrogen and oxygen atoms in total. The van der Waals surface area contributed by atoms with Crippen molar-refractivity contribution >= 4 is 34.1 Å². The lowest BCUT2D eigenvalue weighted by atomic mass is 10.0. The van der Waals surface area contributed by atoms with Gasteiger partial charge >= 0.3 is 0 Å². The number of fused-ring (bicyclic) bond motifs is 1. The van der Waals surface area contributed by atoms with Gasteiger partial charge in [-0.2, -0.15) is 0 Å². The zero-order valence-electron chi connectivity index (χ0n) is 22.1. The van der Waals surface area contributed by atoms with Crippen molar-refractivity contribution in [1.29, 1.82) is 0 Å². The van der Waals surface area contributed by atoms with Gasteiger partial charge in [-0.15, -0.1) is 0 Å². The van der Waals surface area contributed by atoms with Crippen LogP contribution in [-0.2, 0) is 6.54 Å². The molecule has 5 rings (SSSR count). The van der Waals surface area contributed by atoms with E-state index >= 15 is 0 Å². The molecule has 38 heavy (non-hydrogen) atoms. The maximum atomic E-state index is 12.8. The molecule has 190 valence electrons. The molecule has 4 aromatic carbocycles. The molecule has 2 N–H and O–H groups in total. The molecule has 1 amide bonds. The molecule has 1 heterocycles. The average Bonchev–Trinajstić information content (AvgIpc) is 2.88. The van der Waals surface area contributed by atoms with E-state index in [1.807, 2.05) is 56.3 Å². The first-order valence-electron chi connectivity index (χ1n) is 12.6. The van der Waals surface area contributed by atoms with Gasteiger partial charge in [0, 0.05) is 34.4 Å². The van der Waals surface area contributed by atoms with Crippen LogP contribution in [0.3, 0.4) is 0 Å². The molecule has 0 aliphatic carbocycles. The summed E-state index contributed by atoms with van der Waals surface area (Å²) in [6.45, 7) is 4.89. The van der Waals surface area contributed by atoms with Crippen LogP contribution in [0.2, 0.25) is 0 Å². The minimum Gasteiger partial charge on any atom is -0.324 e. The number of rotatable bonds is 7. The summed E-state index contributed by atoms with van der Waals surface area (Å²) in [5.41, 5.74) is 8.40. The molecular formula is C32H31N5O. The number of amides is 1. The number of carbonyl (C=O) groups is 1. The molecule has 0 aliphatic heterocycles. The highest BCUT2D eigenvalue weighted by Crippen LogP contribution is 2.29. The van der Waals surface area contributed by atoms with Gasteiger partial charge in [0.1, 0.15) is 0 Å². The number of anilines is 3. The third kappa shape index (κ3) is 5.88. The van der Waals surface area contributed by atoms with E-state index in [9.17, 15) is 4.79 Å². The van der Waals surface area contributed by atoms with Crippen LogP contribution in [0.25, 0.3) is 22.2 Å². The summed E-state index contributed by atoms with van der Waals surface area (Å²) in [6.07, 6.45) is 0. The number of para-hydroxylation sites is 1. The Labute approximate surface area is 223 Å². The molecule has 0 radical (unpaired) electrons. The first-order valence-corrected chi connectivity index (χ1v) is 12.6. The summed E-state index contributed by atoms with van der Waals surface area (Å²) in [5.74, 6) is 0.354. The van der Waals surface area contributed by atoms with Crippen molar-refractivity contribution in [2.75, 3.05) is 24.7 Å². The van der Waals surface area contributed by atoms with Crippen LogP contribution in [0.5, 0.6) is 0 Å². The third-order valence-corrected chi connectivity index (χ3v) is 6.19. The minimum absolute atomic E-state index is 0.150. The van der Waals surface area contributed by atoms with Gasteiger partial charge in [-0.05, 0) is 93.2 Å². The average molecular weight is 502 g/mol. The standard InChI is InChI=1S/C32H31N5O/c1-21-16-22(2)18-27(17-21)33-31(38)24-12-14-26(15-13-24)34-32-35-29-11-6-5-10-28(29)30(36-32)25-9-7-8-23(19-25)20-37(3)4/h5-19H,20H2,1-4H3,(H,33,38)(H,34,35,36). The van der Waals surface area contributed by atoms with Crippen molar-refractivity contribution in [2.24, 2.45) is 0 Å². The number of carbonyl (C=O) groups excluding carboxylic acids is 1. The Morgan fingerprint density at radius 2 is 1.53 bits per heavy atom. The van der Waals surface area contributed by atoms with E-state index in [4.69, 9.17) is 9.97 Å². The van der Waals surface area contributed by atoms with Gasteiger partial charge in [0.2, 0.25) is 5.95 Å². The Balaban J connectivity index is 1.40. The number of hydrogen-bond acceptors (Lipinski definition) is 5. The zero-order valence-corrected chi connectivity index (χ0v) is 22.1. The Kier molecular flexibility index (Phi) is 7.15. The Morgan fingerprint density at radius 1 is 0.789 bits per heavy atom. The van der Waals surface area contributed by atoms with E-state index in [1.54, 1.807) is 12.1 Å². The molecule has 0 aliphatic rings. The summed E-state index contributed by atoms with van der Waals surface area (Å²) in [6, 6.07) is 29.8. The van der Waals surface area contributed by atoms with Crippen molar-refractivity contribution in [3.63, 3.8) is 0 Å². The maximum Gasteiger partial charge on any atom is 0.255 e. The zero-order chi connectivity index (χ0) is 26.6. The van der Waals surface area contributed by atoms with Crippen molar-refractivity contribution in [2.45, 2.75) is 20.4 Å². The fourth-order valence-electron chi connectivity index (χ4n) is 4.62. The fourth-order valence-corrected chi connectivity index (χ4v) is 4.62. The van der Waals surface area contributed by atoms with Gasteiger partial charge in [-0.1, -0.05) is 42.5 Å². The first kappa shape index (κ1) is 25.1. The third-order valence-electron chi connectivity index (χ3n) is 6.19. The summed E-state index contributed by atoms with van der Waals surface area (Å²) < 4.78 is 0. The van der Waals surface area contributed by atoms with Gasteiger partial charge in [0.25, 0.3) is 5.91 Å². The predicted octanol–water partition coefficient (Wildman–Crippen LogP) is 6.97. The van der Waals surface area contributed by atoms with E-state index in [0.29, 0.717) is 11.5 Å². The second-order valence-electron chi connectivity index (χ2n) is 9.88. The Hall–Kier alpha value is -4.55. The van der Waals surface area contributed by atoms with Gasteiger partial charge < -0.3 is 15.5 Å². The lowest BCUT2D eigenvalue weighted by Gasteiger charge is -2.13. The van der Waals surface area contributed by atoms with E-state index in [0.717, 1.165) is 51.2 Å². The fraction of sp³-hybridized carbons (Fsp3) is 0.156. The molecular weight excluding hydrogens is 470 g/mol. The topological polar surface area (TPSA) is 70.2 Å². The maximum absolute atomic E-state index is 12.8. The number of benzene rings is 4. The number of aromatic nitrogens is 2. The number of aryl methyl sites for hydroxylation is 2. The molecule has 0 fully saturated rings. The lowest BCUT2D eigenvalue weighted by Crippen LogP contribution is -2.12. The van der Waals surface area contributed by atoms with Crippen molar-refractivity contribution in [3.8, 4) is 11.3 Å². The van der Waals surface area contributed by atoms with Gasteiger partial charge in [-0.25, -0.2) is 9.97 Å². The van der Waals surface area contributed by atoms with Crippen molar-refractivity contribution < 1.29 is 4.79 Å². The van der Waals surface area contributed by atoms with Crippen LogP contribution in [0.1, 0.15) is 27.0 Å². The van der Waals surface area contributed by atoms with Crippen LogP contribution < -0.4 is 10.6 Å². The van der Waals surface area contributed by atoms with Crippen LogP contribution in [0.4, 0.5) is 17.3 Å². The molecule has 0 unspecified atom stereocenters. The van der Waals surface area contributed by atoms with Crippen molar-refractivity contribution in [3.05, 3.63) is 113 Å². The van der Waals surface area contributed by atoms with Crippen LogP contribution >= 0.6 is 0 Å². The van der Waals surface area contributed by atoms with Gasteiger partial charge in [-0.3, -0.25) is 4.79 Å². The highest BCUT2D eigenvalue weighted by atomic mass is 16.1. The summed E-state index contributed by atoms with van der Waals surface area (Å²) in [4.78, 5) is 24.6. The monoisotopic (exact) mass is 501 g/mol. The highest BCUT2D eigenvalue weighted by Gasteiger charge is 2.12. The summed E-state index contributed by atoms with van der Waals surface area (Å²) >= 11 is 0. The SMILES string of the molecule is Cc1cc(C)cc(NC(=O)c2ccc(Nc3nc(-c4cccc(CN(C)C)c4)c4ccccc4n3)cc2)c1. The molecule has 0 atom stereocenters. The molecule has 0 saturated carbocycles. The first-order chi connectivity index (χ1) is 18.3. The molecule has 1 aromatic heterocycles. The van der Waals surface area contributed by atoms with E-state index in [1.165, 1.54) is 5.56 Å². The smallest absolute Gasteiger partial charge is 0.255 e. The molecule has 0 spiro atoms. The Bertz CT molecular complexity index is 1590. The molecule has 5 aromatic rings. The highest BCUT2D eigenvalue weighted by molar-refractivity contribution is 6.04. The lowest BCUT2D eigenvalue weighted by molar-refractivity contribution is 0.102. The number of nitrogens with one attached hydrogen (secondary N) is 2. The predicted molar refractivity (Wildman–Crippen MR) is 156 cm³/mol. The van der Waals surface area contributed by atoms with E-state index < -0.39 is 0 Å². The second-order valence-corrected chi connectivity index (χ2v) is 9.88. The van der Waals surface area contributed by atoms with Crippen LogP contribution in [0.15, 0.2) is 91.0 Å². The van der Waals surface area contributed by atoms with Gasteiger partial charge in [0.15, 0.2) is 0 Å². The van der Waals surface area contributed by atoms with Crippen LogP contribution in [0, 0.1) is 13.8 Å². The number of nitrogens with zero attached hydrogens (tertiary/aromatic N) is 3. The van der Waals surface area contributed by atoms with Crippen molar-refractivity contribution in [1.82, 2.24) is 14.9 Å². The Morgan fingerprint density at radius 3 is 2.26 bits per heavy atom. The van der Waals surface area contributed by atoms with Gasteiger partial charge in [0.05, 0.1) is 11.2 Å². The molecule has 6 heteroatoms.